The highest BCUT2D eigenvalue weighted by molar-refractivity contribution is 8.05. The Hall–Kier alpha value is -0.0800. The van der Waals surface area contributed by atoms with Crippen LogP contribution in [0.25, 0.3) is 0 Å². The highest BCUT2D eigenvalue weighted by Crippen LogP contribution is 2.51. The molecule has 0 saturated carbocycles. The maximum absolute atomic E-state index is 12.1. The molecule has 2 aromatic rings. The minimum atomic E-state index is -2.79. The van der Waals surface area contributed by atoms with Gasteiger partial charge in [-0.15, -0.1) is 22.7 Å². The van der Waals surface area contributed by atoms with Crippen molar-refractivity contribution in [2.75, 3.05) is 0 Å². The monoisotopic (exact) mass is 248 g/mol. The van der Waals surface area contributed by atoms with Gasteiger partial charge in [-0.1, -0.05) is 12.1 Å². The van der Waals surface area contributed by atoms with Gasteiger partial charge in [0.05, 0.1) is 9.24 Å². The molecule has 0 aliphatic heterocycles. The second-order valence-electron chi connectivity index (χ2n) is 2.43. The van der Waals surface area contributed by atoms with Gasteiger partial charge < -0.3 is 0 Å². The van der Waals surface area contributed by atoms with Crippen LogP contribution in [0.2, 0.25) is 0 Å². The summed E-state index contributed by atoms with van der Waals surface area (Å²) in [6.07, 6.45) is 0. The highest BCUT2D eigenvalue weighted by atomic mass is 35.7. The molecule has 0 radical (unpaired) electrons. The lowest BCUT2D eigenvalue weighted by atomic mass is 10.7. The third-order valence-electron chi connectivity index (χ3n) is 1.58. The van der Waals surface area contributed by atoms with Gasteiger partial charge in [0.1, 0.15) is 0 Å². The summed E-state index contributed by atoms with van der Waals surface area (Å²) >= 11 is 8.93. The largest absolute Gasteiger partial charge is 0.295 e. The molecule has 0 aliphatic rings. The number of hydrogen-bond acceptors (Lipinski definition) is 3. The van der Waals surface area contributed by atoms with E-state index in [-0.39, 0.29) is 0 Å². The normalized spacial score (nSPS) is 11.8. The van der Waals surface area contributed by atoms with Gasteiger partial charge in [-0.3, -0.25) is 4.57 Å². The number of rotatable bonds is 2. The summed E-state index contributed by atoms with van der Waals surface area (Å²) < 4.78 is 13.6. The van der Waals surface area contributed by atoms with Gasteiger partial charge in [0.2, 0.25) is 6.49 Å². The molecule has 0 amide bonds. The lowest BCUT2D eigenvalue weighted by Gasteiger charge is -2.04. The molecule has 2 rings (SSSR count). The zero-order valence-electron chi connectivity index (χ0n) is 6.51. The van der Waals surface area contributed by atoms with Gasteiger partial charge >= 0.3 is 0 Å². The van der Waals surface area contributed by atoms with Crippen LogP contribution in [-0.4, -0.2) is 0 Å². The van der Waals surface area contributed by atoms with Crippen molar-refractivity contribution in [1.29, 1.82) is 0 Å². The van der Waals surface area contributed by atoms with E-state index in [1.54, 1.807) is 0 Å². The van der Waals surface area contributed by atoms with Crippen LogP contribution < -0.4 is 9.24 Å². The molecule has 68 valence electrons. The third-order valence-corrected chi connectivity index (χ3v) is 8.22. The molecular weight excluding hydrogens is 243 g/mol. The van der Waals surface area contributed by atoms with Crippen LogP contribution in [0.1, 0.15) is 0 Å². The van der Waals surface area contributed by atoms with Crippen molar-refractivity contribution in [3.05, 3.63) is 35.0 Å². The molecule has 0 aromatic carbocycles. The zero-order chi connectivity index (χ0) is 9.31. The van der Waals surface area contributed by atoms with Gasteiger partial charge in [0.15, 0.2) is 0 Å². The van der Waals surface area contributed by atoms with E-state index in [0.29, 0.717) is 0 Å². The Morgan fingerprint density at radius 3 is 1.85 bits per heavy atom. The zero-order valence-corrected chi connectivity index (χ0v) is 9.80. The first-order valence-electron chi connectivity index (χ1n) is 3.59. The summed E-state index contributed by atoms with van der Waals surface area (Å²) in [4.78, 5) is 0. The summed E-state index contributed by atoms with van der Waals surface area (Å²) in [5, 5.41) is 3.77. The van der Waals surface area contributed by atoms with Gasteiger partial charge in [-0.2, -0.15) is 0 Å². The number of hydrogen-bond donors (Lipinski definition) is 0. The molecule has 13 heavy (non-hydrogen) atoms. The lowest BCUT2D eigenvalue weighted by Crippen LogP contribution is -2.04. The fourth-order valence-corrected chi connectivity index (χ4v) is 5.92. The lowest BCUT2D eigenvalue weighted by molar-refractivity contribution is 0.595. The van der Waals surface area contributed by atoms with Crippen LogP contribution in [0.4, 0.5) is 0 Å². The van der Waals surface area contributed by atoms with Crippen molar-refractivity contribution in [2.45, 2.75) is 0 Å². The van der Waals surface area contributed by atoms with E-state index in [1.807, 2.05) is 35.0 Å². The molecule has 0 saturated heterocycles. The van der Waals surface area contributed by atoms with Gasteiger partial charge in [0.25, 0.3) is 0 Å². The average molecular weight is 249 g/mol. The van der Waals surface area contributed by atoms with Crippen molar-refractivity contribution >= 4 is 49.6 Å². The van der Waals surface area contributed by atoms with Gasteiger partial charge in [0, 0.05) is 0 Å². The quantitative estimate of drug-likeness (QED) is 0.746. The van der Waals surface area contributed by atoms with E-state index in [0.717, 1.165) is 9.24 Å². The Morgan fingerprint density at radius 2 is 1.54 bits per heavy atom. The van der Waals surface area contributed by atoms with Crippen molar-refractivity contribution < 1.29 is 4.57 Å². The van der Waals surface area contributed by atoms with Crippen LogP contribution in [0.5, 0.6) is 0 Å². The first kappa shape index (κ1) is 9.47. The van der Waals surface area contributed by atoms with Crippen LogP contribution >= 0.6 is 40.4 Å². The van der Waals surface area contributed by atoms with Crippen molar-refractivity contribution in [3.63, 3.8) is 0 Å². The van der Waals surface area contributed by atoms with E-state index < -0.39 is 6.49 Å². The molecule has 0 atom stereocenters. The molecule has 0 bridgehead atoms. The summed E-state index contributed by atoms with van der Waals surface area (Å²) in [6.45, 7) is -2.79. The third kappa shape index (κ3) is 1.75. The Kier molecular flexibility index (Phi) is 2.61. The SMILES string of the molecule is O=P(Cl)(c1cccs1)c1cccs1. The van der Waals surface area contributed by atoms with Gasteiger partial charge in [-0.05, 0) is 34.1 Å². The van der Waals surface area contributed by atoms with Crippen LogP contribution in [0.15, 0.2) is 35.0 Å². The van der Waals surface area contributed by atoms with Crippen LogP contribution in [0, 0.1) is 0 Å². The molecule has 2 aromatic heterocycles. The molecule has 0 unspecified atom stereocenters. The fraction of sp³-hybridized carbons (Fsp3) is 0. The Bertz CT molecular complexity index is 383. The summed E-state index contributed by atoms with van der Waals surface area (Å²) in [7, 11) is 0. The predicted molar refractivity (Wildman–Crippen MR) is 61.4 cm³/mol. The maximum atomic E-state index is 12.1. The molecule has 0 fully saturated rings. The molecular formula is C8H6ClOPS2. The predicted octanol–water partition coefficient (Wildman–Crippen LogP) is 3.28. The van der Waals surface area contributed by atoms with Crippen molar-refractivity contribution in [1.82, 2.24) is 0 Å². The highest BCUT2D eigenvalue weighted by Gasteiger charge is 2.26. The minimum absolute atomic E-state index is 0.761. The van der Waals surface area contributed by atoms with Gasteiger partial charge in [-0.25, -0.2) is 0 Å². The Labute approximate surface area is 89.2 Å². The molecule has 1 nitrogen and oxygen atoms in total. The maximum Gasteiger partial charge on any atom is 0.244 e. The fourth-order valence-electron chi connectivity index (χ4n) is 0.976. The summed E-state index contributed by atoms with van der Waals surface area (Å²) in [6, 6.07) is 7.36. The second kappa shape index (κ2) is 3.58. The molecule has 2 heterocycles. The average Bonchev–Trinajstić information content (AvgIpc) is 2.78. The van der Waals surface area contributed by atoms with E-state index in [2.05, 4.69) is 0 Å². The van der Waals surface area contributed by atoms with E-state index in [9.17, 15) is 4.57 Å². The van der Waals surface area contributed by atoms with E-state index in [1.165, 1.54) is 22.7 Å². The summed E-state index contributed by atoms with van der Waals surface area (Å²) in [5.41, 5.74) is 0. The van der Waals surface area contributed by atoms with Crippen molar-refractivity contribution in [2.24, 2.45) is 0 Å². The van der Waals surface area contributed by atoms with Crippen LogP contribution in [0.3, 0.4) is 0 Å². The van der Waals surface area contributed by atoms with Crippen molar-refractivity contribution in [3.8, 4) is 0 Å². The Balaban J connectivity index is 2.49. The topological polar surface area (TPSA) is 17.1 Å². The molecule has 0 spiro atoms. The number of thiophene rings is 2. The Morgan fingerprint density at radius 1 is 1.08 bits per heavy atom. The first-order chi connectivity index (χ1) is 6.21. The standard InChI is InChI=1S/C8H6ClOPS2/c9-11(10,7-3-1-5-12-7)8-4-2-6-13-8/h1-6H. The van der Waals surface area contributed by atoms with E-state index in [4.69, 9.17) is 11.2 Å². The first-order valence-corrected chi connectivity index (χ1v) is 7.96. The van der Waals surface area contributed by atoms with Crippen LogP contribution in [-0.2, 0) is 4.57 Å². The molecule has 0 N–H and O–H groups in total. The van der Waals surface area contributed by atoms with E-state index >= 15 is 0 Å². The smallest absolute Gasteiger partial charge is 0.244 e. The molecule has 0 aliphatic carbocycles. The number of halogens is 1. The second-order valence-corrected chi connectivity index (χ2v) is 8.39. The minimum Gasteiger partial charge on any atom is -0.295 e. The molecule has 5 heteroatoms. The summed E-state index contributed by atoms with van der Waals surface area (Å²) in [5.74, 6) is 0.